The van der Waals surface area contributed by atoms with Crippen LogP contribution in [0.3, 0.4) is 0 Å². The minimum atomic E-state index is -0.538. The maximum atomic E-state index is 10.1. The van der Waals surface area contributed by atoms with E-state index in [1.165, 1.54) is 0 Å². The molecule has 0 aliphatic heterocycles. The lowest BCUT2D eigenvalue weighted by Crippen LogP contribution is -2.17. The molecule has 1 aromatic rings. The van der Waals surface area contributed by atoms with Gasteiger partial charge >= 0.3 is 0 Å². The van der Waals surface area contributed by atoms with Gasteiger partial charge < -0.3 is 5.32 Å². The van der Waals surface area contributed by atoms with Crippen LogP contribution in [0.4, 0.5) is 0 Å². The SMILES string of the molecule is N#C[C@@H](NC=O)c1ccccc1. The molecule has 1 aromatic carbocycles. The maximum Gasteiger partial charge on any atom is 0.208 e. The molecule has 1 rings (SSSR count). The molecule has 0 bridgehead atoms. The van der Waals surface area contributed by atoms with E-state index in [0.717, 1.165) is 5.56 Å². The summed E-state index contributed by atoms with van der Waals surface area (Å²) in [6, 6.07) is 10.5. The van der Waals surface area contributed by atoms with Crippen LogP contribution in [0.5, 0.6) is 0 Å². The van der Waals surface area contributed by atoms with E-state index in [0.29, 0.717) is 6.41 Å². The molecular weight excluding hydrogens is 152 g/mol. The van der Waals surface area contributed by atoms with Gasteiger partial charge in [0.2, 0.25) is 6.41 Å². The summed E-state index contributed by atoms with van der Waals surface area (Å²) in [5, 5.41) is 11.0. The summed E-state index contributed by atoms with van der Waals surface area (Å²) < 4.78 is 0. The van der Waals surface area contributed by atoms with Gasteiger partial charge in [-0.15, -0.1) is 0 Å². The Labute approximate surface area is 70.6 Å². The van der Waals surface area contributed by atoms with E-state index >= 15 is 0 Å². The van der Waals surface area contributed by atoms with Crippen molar-refractivity contribution in [3.8, 4) is 6.07 Å². The maximum absolute atomic E-state index is 10.1. The molecule has 1 amide bonds. The van der Waals surface area contributed by atoms with E-state index in [1.807, 2.05) is 24.3 Å². The number of hydrogen-bond donors (Lipinski definition) is 1. The number of rotatable bonds is 3. The quantitative estimate of drug-likeness (QED) is 0.670. The second kappa shape index (κ2) is 4.14. The molecule has 12 heavy (non-hydrogen) atoms. The lowest BCUT2D eigenvalue weighted by atomic mass is 10.1. The summed E-state index contributed by atoms with van der Waals surface area (Å²) in [6.45, 7) is 0. The third-order valence-electron chi connectivity index (χ3n) is 1.50. The van der Waals surface area contributed by atoms with E-state index < -0.39 is 6.04 Å². The Morgan fingerprint density at radius 1 is 1.42 bits per heavy atom. The van der Waals surface area contributed by atoms with Crippen LogP contribution in [0.15, 0.2) is 30.3 Å². The summed E-state index contributed by atoms with van der Waals surface area (Å²) in [6.07, 6.45) is 0.529. The highest BCUT2D eigenvalue weighted by Gasteiger charge is 2.06. The minimum Gasteiger partial charge on any atom is -0.339 e. The Morgan fingerprint density at radius 2 is 2.08 bits per heavy atom. The fourth-order valence-corrected chi connectivity index (χ4v) is 0.922. The van der Waals surface area contributed by atoms with Crippen molar-refractivity contribution < 1.29 is 4.79 Å². The summed E-state index contributed by atoms with van der Waals surface area (Å²) in [5.41, 5.74) is 0.798. The Bertz CT molecular complexity index is 289. The van der Waals surface area contributed by atoms with E-state index in [2.05, 4.69) is 5.32 Å². The van der Waals surface area contributed by atoms with Gasteiger partial charge in [-0.1, -0.05) is 30.3 Å². The van der Waals surface area contributed by atoms with Gasteiger partial charge in [0.15, 0.2) is 0 Å². The molecule has 0 unspecified atom stereocenters. The van der Waals surface area contributed by atoms with Crippen molar-refractivity contribution in [2.24, 2.45) is 0 Å². The average Bonchev–Trinajstić information content (AvgIpc) is 2.15. The zero-order valence-electron chi connectivity index (χ0n) is 6.40. The van der Waals surface area contributed by atoms with Crippen molar-refractivity contribution in [1.82, 2.24) is 5.32 Å². The molecule has 60 valence electrons. The lowest BCUT2D eigenvalue weighted by Gasteiger charge is -2.06. The first-order valence-corrected chi connectivity index (χ1v) is 3.52. The van der Waals surface area contributed by atoms with Crippen molar-refractivity contribution in [3.63, 3.8) is 0 Å². The number of hydrogen-bond acceptors (Lipinski definition) is 2. The molecule has 0 radical (unpaired) electrons. The molecule has 3 nitrogen and oxygen atoms in total. The smallest absolute Gasteiger partial charge is 0.208 e. The zero-order valence-corrected chi connectivity index (χ0v) is 6.40. The van der Waals surface area contributed by atoms with Gasteiger partial charge in [0.25, 0.3) is 0 Å². The van der Waals surface area contributed by atoms with Crippen LogP contribution < -0.4 is 5.32 Å². The minimum absolute atomic E-state index is 0.529. The molecule has 0 fully saturated rings. The molecule has 0 spiro atoms. The van der Waals surface area contributed by atoms with Crippen LogP contribution in [0.2, 0.25) is 0 Å². The van der Waals surface area contributed by atoms with Gasteiger partial charge in [-0.25, -0.2) is 0 Å². The number of amides is 1. The normalized spacial score (nSPS) is 11.2. The zero-order chi connectivity index (χ0) is 8.81. The molecule has 1 N–H and O–H groups in total. The van der Waals surface area contributed by atoms with Crippen molar-refractivity contribution in [1.29, 1.82) is 5.26 Å². The van der Waals surface area contributed by atoms with Crippen molar-refractivity contribution in [2.45, 2.75) is 6.04 Å². The molecular formula is C9H8N2O. The molecule has 3 heteroatoms. The Kier molecular flexibility index (Phi) is 2.86. The van der Waals surface area contributed by atoms with Crippen molar-refractivity contribution in [3.05, 3.63) is 35.9 Å². The first-order chi connectivity index (χ1) is 5.88. The van der Waals surface area contributed by atoms with Crippen molar-refractivity contribution >= 4 is 6.41 Å². The van der Waals surface area contributed by atoms with Crippen LogP contribution in [0.25, 0.3) is 0 Å². The fourth-order valence-electron chi connectivity index (χ4n) is 0.922. The summed E-state index contributed by atoms with van der Waals surface area (Å²) in [7, 11) is 0. The second-order valence-electron chi connectivity index (χ2n) is 2.26. The number of carbonyl (C=O) groups is 1. The fraction of sp³-hybridized carbons (Fsp3) is 0.111. The highest BCUT2D eigenvalue weighted by Crippen LogP contribution is 2.09. The Hall–Kier alpha value is -1.82. The van der Waals surface area contributed by atoms with Gasteiger partial charge in [0, 0.05) is 0 Å². The number of carbonyl (C=O) groups excluding carboxylic acids is 1. The standard InChI is InChI=1S/C9H8N2O/c10-6-9(11-7-12)8-4-2-1-3-5-8/h1-5,7,9H,(H,11,12)/t9-/m1/s1. The molecule has 0 saturated heterocycles. The van der Waals surface area contributed by atoms with Crippen LogP contribution in [0, 0.1) is 11.3 Å². The predicted molar refractivity (Wildman–Crippen MR) is 44.0 cm³/mol. The highest BCUT2D eigenvalue weighted by molar-refractivity contribution is 5.49. The van der Waals surface area contributed by atoms with Gasteiger partial charge in [0.05, 0.1) is 6.07 Å². The molecule has 1 atom stereocenters. The predicted octanol–water partition coefficient (Wildman–Crippen LogP) is 0.997. The first kappa shape index (κ1) is 8.28. The highest BCUT2D eigenvalue weighted by atomic mass is 16.1. The van der Waals surface area contributed by atoms with Gasteiger partial charge in [-0.3, -0.25) is 4.79 Å². The average molecular weight is 160 g/mol. The number of benzene rings is 1. The molecule has 0 aliphatic carbocycles. The van der Waals surface area contributed by atoms with E-state index in [9.17, 15) is 4.79 Å². The monoisotopic (exact) mass is 160 g/mol. The first-order valence-electron chi connectivity index (χ1n) is 3.52. The number of nitriles is 1. The van der Waals surface area contributed by atoms with Crippen LogP contribution in [-0.2, 0) is 4.79 Å². The van der Waals surface area contributed by atoms with Gasteiger partial charge in [-0.2, -0.15) is 5.26 Å². The molecule has 0 saturated carbocycles. The van der Waals surface area contributed by atoms with Gasteiger partial charge in [0.1, 0.15) is 6.04 Å². The lowest BCUT2D eigenvalue weighted by molar-refractivity contribution is -0.109. The molecule has 0 aromatic heterocycles. The van der Waals surface area contributed by atoms with Gasteiger partial charge in [-0.05, 0) is 5.56 Å². The van der Waals surface area contributed by atoms with Crippen LogP contribution >= 0.6 is 0 Å². The third kappa shape index (κ3) is 1.83. The van der Waals surface area contributed by atoms with Crippen molar-refractivity contribution in [2.75, 3.05) is 0 Å². The van der Waals surface area contributed by atoms with Crippen LogP contribution in [0.1, 0.15) is 11.6 Å². The molecule has 0 heterocycles. The second-order valence-corrected chi connectivity index (χ2v) is 2.26. The number of nitrogens with one attached hydrogen (secondary N) is 1. The Morgan fingerprint density at radius 3 is 2.58 bits per heavy atom. The van der Waals surface area contributed by atoms with E-state index in [-0.39, 0.29) is 0 Å². The van der Waals surface area contributed by atoms with Crippen LogP contribution in [-0.4, -0.2) is 6.41 Å². The topological polar surface area (TPSA) is 52.9 Å². The largest absolute Gasteiger partial charge is 0.339 e. The number of nitrogens with zero attached hydrogens (tertiary/aromatic N) is 1. The Balaban J connectivity index is 2.82. The van der Waals surface area contributed by atoms with E-state index in [4.69, 9.17) is 5.26 Å². The van der Waals surface area contributed by atoms with E-state index in [1.54, 1.807) is 12.1 Å². The summed E-state index contributed by atoms with van der Waals surface area (Å²) >= 11 is 0. The third-order valence-corrected chi connectivity index (χ3v) is 1.50. The molecule has 0 aliphatic rings. The summed E-state index contributed by atoms with van der Waals surface area (Å²) in [5.74, 6) is 0. The summed E-state index contributed by atoms with van der Waals surface area (Å²) in [4.78, 5) is 10.1.